The Hall–Kier alpha value is -0.900. The van der Waals surface area contributed by atoms with Crippen LogP contribution in [0.4, 0.5) is 0 Å². The summed E-state index contributed by atoms with van der Waals surface area (Å²) in [5, 5.41) is 8.99. The Bertz CT molecular complexity index is 278. The van der Waals surface area contributed by atoms with Gasteiger partial charge in [-0.3, -0.25) is 0 Å². The molecule has 1 aromatic carbocycles. The van der Waals surface area contributed by atoms with E-state index in [9.17, 15) is 0 Å². The molecule has 0 spiro atoms. The first-order valence-corrected chi connectivity index (χ1v) is 4.82. The van der Waals surface area contributed by atoms with Gasteiger partial charge in [0.1, 0.15) is 0 Å². The molecule has 0 atom stereocenters. The molecular weight excluding hydrogens is 180 g/mol. The summed E-state index contributed by atoms with van der Waals surface area (Å²) in [6.07, 6.45) is 0.483. The van der Waals surface area contributed by atoms with Crippen molar-refractivity contribution in [3.8, 4) is 0 Å². The molecule has 1 heterocycles. The Balaban J connectivity index is 2.27. The number of hydrogen-bond acceptors (Lipinski definition) is 3. The van der Waals surface area contributed by atoms with E-state index in [-0.39, 0.29) is 6.61 Å². The van der Waals surface area contributed by atoms with Gasteiger partial charge in [-0.2, -0.15) is 0 Å². The van der Waals surface area contributed by atoms with Crippen LogP contribution in [0.5, 0.6) is 0 Å². The van der Waals surface area contributed by atoms with Crippen molar-refractivity contribution >= 4 is 0 Å². The van der Waals surface area contributed by atoms with Crippen LogP contribution in [0.1, 0.15) is 12.0 Å². The molecule has 0 aromatic heterocycles. The van der Waals surface area contributed by atoms with Gasteiger partial charge in [0.25, 0.3) is 0 Å². The van der Waals surface area contributed by atoms with Crippen LogP contribution in [0.15, 0.2) is 30.3 Å². The maximum absolute atomic E-state index is 8.99. The second-order valence-corrected chi connectivity index (χ2v) is 3.29. The Kier molecular flexibility index (Phi) is 2.82. The fourth-order valence-electron chi connectivity index (χ4n) is 1.75. The molecule has 1 aliphatic heterocycles. The molecule has 0 unspecified atom stereocenters. The summed E-state index contributed by atoms with van der Waals surface area (Å²) in [6, 6.07) is 9.76. The molecule has 1 saturated heterocycles. The van der Waals surface area contributed by atoms with Crippen molar-refractivity contribution < 1.29 is 14.6 Å². The lowest BCUT2D eigenvalue weighted by Crippen LogP contribution is -2.28. The van der Waals surface area contributed by atoms with E-state index < -0.39 is 5.79 Å². The smallest absolute Gasteiger partial charge is 0.197 e. The average molecular weight is 194 g/mol. The zero-order valence-corrected chi connectivity index (χ0v) is 7.98. The van der Waals surface area contributed by atoms with Crippen molar-refractivity contribution in [2.45, 2.75) is 12.2 Å². The fraction of sp³-hybridized carbons (Fsp3) is 0.455. The zero-order valence-electron chi connectivity index (χ0n) is 7.98. The second kappa shape index (κ2) is 4.09. The number of aliphatic hydroxyl groups excluding tert-OH is 1. The summed E-state index contributed by atoms with van der Waals surface area (Å²) in [5.41, 5.74) is 0.978. The highest BCUT2D eigenvalue weighted by molar-refractivity contribution is 5.20. The molecule has 1 fully saturated rings. The lowest BCUT2D eigenvalue weighted by molar-refractivity contribution is -0.175. The quantitative estimate of drug-likeness (QED) is 0.787. The van der Waals surface area contributed by atoms with E-state index in [1.807, 2.05) is 30.3 Å². The predicted octanol–water partition coefficient (Wildman–Crippen LogP) is 1.27. The van der Waals surface area contributed by atoms with Crippen LogP contribution >= 0.6 is 0 Å². The summed E-state index contributed by atoms with van der Waals surface area (Å²) < 4.78 is 11.2. The van der Waals surface area contributed by atoms with Crippen molar-refractivity contribution in [3.05, 3.63) is 35.9 Å². The standard InChI is InChI=1S/C11H14O3/c12-7-6-11(13-8-9-14-11)10-4-2-1-3-5-10/h1-5,12H,6-9H2. The third kappa shape index (κ3) is 1.66. The van der Waals surface area contributed by atoms with Gasteiger partial charge in [0.2, 0.25) is 0 Å². The van der Waals surface area contributed by atoms with Gasteiger partial charge < -0.3 is 14.6 Å². The number of ether oxygens (including phenoxy) is 2. The van der Waals surface area contributed by atoms with Gasteiger partial charge >= 0.3 is 0 Å². The van der Waals surface area contributed by atoms with E-state index >= 15 is 0 Å². The van der Waals surface area contributed by atoms with Gasteiger partial charge in [-0.25, -0.2) is 0 Å². The van der Waals surface area contributed by atoms with E-state index in [0.29, 0.717) is 19.6 Å². The number of aliphatic hydroxyl groups is 1. The molecule has 0 aliphatic carbocycles. The van der Waals surface area contributed by atoms with Crippen molar-refractivity contribution in [1.82, 2.24) is 0 Å². The summed E-state index contributed by atoms with van der Waals surface area (Å²) in [5.74, 6) is -0.712. The van der Waals surface area contributed by atoms with Crippen LogP contribution < -0.4 is 0 Å². The molecule has 76 valence electrons. The SMILES string of the molecule is OCCC1(c2ccccc2)OCCO1. The highest BCUT2D eigenvalue weighted by atomic mass is 16.7. The van der Waals surface area contributed by atoms with E-state index in [0.717, 1.165) is 5.56 Å². The van der Waals surface area contributed by atoms with Crippen LogP contribution in [-0.2, 0) is 15.3 Å². The fourth-order valence-corrected chi connectivity index (χ4v) is 1.75. The lowest BCUT2D eigenvalue weighted by atomic mass is 10.0. The maximum Gasteiger partial charge on any atom is 0.197 e. The number of hydrogen-bond donors (Lipinski definition) is 1. The molecule has 0 saturated carbocycles. The zero-order chi connectivity index (χ0) is 9.86. The Morgan fingerprint density at radius 3 is 2.36 bits per heavy atom. The van der Waals surface area contributed by atoms with Crippen LogP contribution in [0.3, 0.4) is 0 Å². The topological polar surface area (TPSA) is 38.7 Å². The summed E-state index contributed by atoms with van der Waals surface area (Å²) >= 11 is 0. The van der Waals surface area contributed by atoms with Gasteiger partial charge in [-0.05, 0) is 0 Å². The van der Waals surface area contributed by atoms with Crippen molar-refractivity contribution in [2.75, 3.05) is 19.8 Å². The Labute approximate surface area is 83.3 Å². The predicted molar refractivity (Wildman–Crippen MR) is 51.7 cm³/mol. The third-order valence-electron chi connectivity index (χ3n) is 2.41. The molecule has 1 aliphatic rings. The molecule has 1 aromatic rings. The van der Waals surface area contributed by atoms with Crippen LogP contribution in [-0.4, -0.2) is 24.9 Å². The van der Waals surface area contributed by atoms with Crippen LogP contribution in [0, 0.1) is 0 Å². The summed E-state index contributed by atoms with van der Waals surface area (Å²) in [7, 11) is 0. The second-order valence-electron chi connectivity index (χ2n) is 3.29. The van der Waals surface area contributed by atoms with Gasteiger partial charge in [-0.15, -0.1) is 0 Å². The summed E-state index contributed by atoms with van der Waals surface area (Å²) in [6.45, 7) is 1.25. The van der Waals surface area contributed by atoms with Crippen LogP contribution in [0.2, 0.25) is 0 Å². The first kappa shape index (κ1) is 9.65. The molecule has 2 rings (SSSR count). The van der Waals surface area contributed by atoms with Gasteiger partial charge in [-0.1, -0.05) is 30.3 Å². The number of rotatable bonds is 3. The molecule has 0 radical (unpaired) electrons. The highest BCUT2D eigenvalue weighted by Gasteiger charge is 2.37. The highest BCUT2D eigenvalue weighted by Crippen LogP contribution is 2.34. The minimum atomic E-state index is -0.712. The first-order valence-electron chi connectivity index (χ1n) is 4.82. The van der Waals surface area contributed by atoms with Crippen molar-refractivity contribution in [2.24, 2.45) is 0 Å². The molecular formula is C11H14O3. The molecule has 1 N–H and O–H groups in total. The molecule has 3 nitrogen and oxygen atoms in total. The van der Waals surface area contributed by atoms with E-state index in [2.05, 4.69) is 0 Å². The molecule has 3 heteroatoms. The minimum Gasteiger partial charge on any atom is -0.396 e. The summed E-state index contributed by atoms with van der Waals surface area (Å²) in [4.78, 5) is 0. The molecule has 14 heavy (non-hydrogen) atoms. The van der Waals surface area contributed by atoms with E-state index in [1.54, 1.807) is 0 Å². The Morgan fingerprint density at radius 1 is 1.14 bits per heavy atom. The van der Waals surface area contributed by atoms with Gasteiger partial charge in [0, 0.05) is 18.6 Å². The third-order valence-corrected chi connectivity index (χ3v) is 2.41. The van der Waals surface area contributed by atoms with E-state index in [1.165, 1.54) is 0 Å². The minimum absolute atomic E-state index is 0.0644. The normalized spacial score (nSPS) is 19.8. The molecule has 0 amide bonds. The number of benzene rings is 1. The van der Waals surface area contributed by atoms with E-state index in [4.69, 9.17) is 14.6 Å². The first-order chi connectivity index (χ1) is 6.87. The van der Waals surface area contributed by atoms with Gasteiger partial charge in [0.05, 0.1) is 13.2 Å². The van der Waals surface area contributed by atoms with Crippen molar-refractivity contribution in [1.29, 1.82) is 0 Å². The molecule has 0 bridgehead atoms. The lowest BCUT2D eigenvalue weighted by Gasteiger charge is -2.26. The van der Waals surface area contributed by atoms with Gasteiger partial charge in [0.15, 0.2) is 5.79 Å². The Morgan fingerprint density at radius 2 is 1.79 bits per heavy atom. The monoisotopic (exact) mass is 194 g/mol. The average Bonchev–Trinajstić information content (AvgIpc) is 2.70. The van der Waals surface area contributed by atoms with Crippen molar-refractivity contribution in [3.63, 3.8) is 0 Å². The maximum atomic E-state index is 8.99. The largest absolute Gasteiger partial charge is 0.396 e. The van der Waals surface area contributed by atoms with Crippen LogP contribution in [0.25, 0.3) is 0 Å².